The lowest BCUT2D eigenvalue weighted by molar-refractivity contribution is -0.155. The van der Waals surface area contributed by atoms with Crippen LogP contribution in [0.4, 0.5) is 0 Å². The van der Waals surface area contributed by atoms with Crippen LogP contribution in [0.5, 0.6) is 0 Å². The molecule has 2 aromatic carbocycles. The van der Waals surface area contributed by atoms with Gasteiger partial charge in [0.2, 0.25) is 17.7 Å². The van der Waals surface area contributed by atoms with Crippen LogP contribution in [-0.2, 0) is 20.8 Å². The number of piperazine rings is 1. The van der Waals surface area contributed by atoms with Gasteiger partial charge in [-0.2, -0.15) is 0 Å². The van der Waals surface area contributed by atoms with Crippen LogP contribution in [0, 0.1) is 11.8 Å². The molecule has 0 radical (unpaired) electrons. The van der Waals surface area contributed by atoms with Crippen LogP contribution in [0.25, 0.3) is 0 Å². The Balaban J connectivity index is 1.73. The molecule has 3 aliphatic rings. The molecule has 3 aliphatic heterocycles. The Morgan fingerprint density at radius 1 is 1.03 bits per heavy atom. The third-order valence-corrected chi connectivity index (χ3v) is 8.15. The maximum absolute atomic E-state index is 14.1. The van der Waals surface area contributed by atoms with Crippen LogP contribution < -0.4 is 0 Å². The zero-order valence-electron chi connectivity index (χ0n) is 18.7. The van der Waals surface area contributed by atoms with E-state index in [9.17, 15) is 19.2 Å². The second-order valence-corrected chi connectivity index (χ2v) is 9.86. The first kappa shape index (κ1) is 22.9. The fourth-order valence-electron chi connectivity index (χ4n) is 5.90. The highest BCUT2D eigenvalue weighted by Crippen LogP contribution is 2.54. The highest BCUT2D eigenvalue weighted by atomic mass is 35.5. The Morgan fingerprint density at radius 3 is 2.38 bits per heavy atom. The van der Waals surface area contributed by atoms with Gasteiger partial charge < -0.3 is 9.80 Å². The van der Waals surface area contributed by atoms with E-state index in [1.165, 1.54) is 24.1 Å². The molecular weight excluding hydrogens is 477 g/mol. The van der Waals surface area contributed by atoms with Crippen molar-refractivity contribution in [3.8, 4) is 0 Å². The van der Waals surface area contributed by atoms with E-state index in [4.69, 9.17) is 23.2 Å². The lowest BCUT2D eigenvalue weighted by atomic mass is 9.75. The Kier molecular flexibility index (Phi) is 5.45. The number of likely N-dealkylation sites (tertiary alicyclic amines) is 2. The maximum atomic E-state index is 14.1. The van der Waals surface area contributed by atoms with Gasteiger partial charge in [-0.3, -0.25) is 24.1 Å². The molecule has 0 aromatic heterocycles. The van der Waals surface area contributed by atoms with Crippen molar-refractivity contribution in [3.63, 3.8) is 0 Å². The first-order chi connectivity index (χ1) is 16.2. The lowest BCUT2D eigenvalue weighted by Crippen LogP contribution is -2.70. The molecule has 5 rings (SSSR count). The normalized spacial score (nSPS) is 28.1. The molecular formula is C25H23Cl2N3O4. The predicted octanol–water partition coefficient (Wildman–Crippen LogP) is 2.89. The van der Waals surface area contributed by atoms with Gasteiger partial charge in [-0.15, -0.1) is 0 Å². The minimum Gasteiger partial charge on any atom is -0.339 e. The quantitative estimate of drug-likeness (QED) is 0.605. The zero-order valence-corrected chi connectivity index (χ0v) is 20.2. The van der Waals surface area contributed by atoms with Crippen molar-refractivity contribution >= 4 is 46.8 Å². The van der Waals surface area contributed by atoms with E-state index < -0.39 is 35.2 Å². The van der Waals surface area contributed by atoms with E-state index >= 15 is 0 Å². The van der Waals surface area contributed by atoms with E-state index in [1.54, 1.807) is 11.0 Å². The van der Waals surface area contributed by atoms with E-state index in [0.29, 0.717) is 11.6 Å². The first-order valence-electron chi connectivity index (χ1n) is 11.2. The molecule has 9 heteroatoms. The lowest BCUT2D eigenvalue weighted by Gasteiger charge is -2.49. The van der Waals surface area contributed by atoms with Gasteiger partial charge >= 0.3 is 0 Å². The third-order valence-electron chi connectivity index (χ3n) is 7.41. The Hall–Kier alpha value is -2.90. The second-order valence-electron chi connectivity index (χ2n) is 9.04. The zero-order chi connectivity index (χ0) is 24.4. The SMILES string of the molecule is CCN1CC2C3C(=O)N(C)C(=O)C3[C@](Cc3ccccc3)(C1=O)N2C(=O)c1ccc(Cl)c(Cl)c1. The average Bonchev–Trinajstić information content (AvgIpc) is 3.20. The van der Waals surface area contributed by atoms with Crippen LogP contribution in [0.1, 0.15) is 22.8 Å². The third kappa shape index (κ3) is 3.03. The number of carbonyl (C=O) groups is 4. The topological polar surface area (TPSA) is 78.0 Å². The number of fused-ring (bicyclic) bond motifs is 5. The average molecular weight is 500 g/mol. The fourth-order valence-corrected chi connectivity index (χ4v) is 6.19. The van der Waals surface area contributed by atoms with Gasteiger partial charge in [0.15, 0.2) is 0 Å². The summed E-state index contributed by atoms with van der Waals surface area (Å²) in [6.07, 6.45) is 0.126. The Labute approximate surface area is 207 Å². The minimum atomic E-state index is -1.52. The summed E-state index contributed by atoms with van der Waals surface area (Å²) in [5.41, 5.74) is -0.469. The maximum Gasteiger partial charge on any atom is 0.255 e. The number of hydrogen-bond donors (Lipinski definition) is 0. The molecule has 2 bridgehead atoms. The molecule has 2 aromatic rings. The van der Waals surface area contributed by atoms with Crippen molar-refractivity contribution in [2.75, 3.05) is 20.1 Å². The van der Waals surface area contributed by atoms with Gasteiger partial charge in [0.05, 0.1) is 27.9 Å². The number of benzene rings is 2. The van der Waals surface area contributed by atoms with Crippen LogP contribution >= 0.6 is 23.2 Å². The van der Waals surface area contributed by atoms with Crippen LogP contribution in [-0.4, -0.2) is 70.0 Å². The molecule has 34 heavy (non-hydrogen) atoms. The summed E-state index contributed by atoms with van der Waals surface area (Å²) in [5, 5.41) is 0.512. The van der Waals surface area contributed by atoms with Gasteiger partial charge in [0.25, 0.3) is 5.91 Å². The minimum absolute atomic E-state index is 0.126. The number of halogens is 2. The van der Waals surface area contributed by atoms with E-state index in [1.807, 2.05) is 37.3 Å². The molecule has 0 N–H and O–H groups in total. The summed E-state index contributed by atoms with van der Waals surface area (Å²) in [6.45, 7) is 2.46. The largest absolute Gasteiger partial charge is 0.339 e. The van der Waals surface area contributed by atoms with E-state index in [0.717, 1.165) is 10.5 Å². The van der Waals surface area contributed by atoms with Crippen molar-refractivity contribution in [1.29, 1.82) is 0 Å². The summed E-state index contributed by atoms with van der Waals surface area (Å²) in [6, 6.07) is 13.2. The predicted molar refractivity (Wildman–Crippen MR) is 126 cm³/mol. The summed E-state index contributed by atoms with van der Waals surface area (Å²) in [7, 11) is 1.45. The molecule has 4 atom stereocenters. The van der Waals surface area contributed by atoms with Crippen molar-refractivity contribution < 1.29 is 19.2 Å². The van der Waals surface area contributed by atoms with E-state index in [-0.39, 0.29) is 35.4 Å². The number of amides is 4. The second kappa shape index (κ2) is 8.10. The van der Waals surface area contributed by atoms with Gasteiger partial charge in [-0.1, -0.05) is 53.5 Å². The number of nitrogens with zero attached hydrogens (tertiary/aromatic N) is 3. The molecule has 0 spiro atoms. The van der Waals surface area contributed by atoms with Crippen molar-refractivity contribution in [1.82, 2.24) is 14.7 Å². The highest BCUT2D eigenvalue weighted by molar-refractivity contribution is 6.42. The molecule has 7 nitrogen and oxygen atoms in total. The van der Waals surface area contributed by atoms with Crippen LogP contribution in [0.3, 0.4) is 0 Å². The number of rotatable bonds is 4. The standard InChI is InChI=1S/C25H23Cl2N3O4/c1-3-29-13-18-19-20(23(33)28(2)22(19)32)25(24(29)34,12-14-7-5-4-6-8-14)30(18)21(31)15-9-10-16(26)17(27)11-15/h4-11,18-20H,3,12-13H2,1-2H3/t18?,19?,20?,25-/m1/s1. The Bertz CT molecular complexity index is 1220. The van der Waals surface area contributed by atoms with Crippen molar-refractivity contribution in [2.24, 2.45) is 11.8 Å². The highest BCUT2D eigenvalue weighted by Gasteiger charge is 2.74. The van der Waals surface area contributed by atoms with Crippen molar-refractivity contribution in [2.45, 2.75) is 24.9 Å². The monoisotopic (exact) mass is 499 g/mol. The van der Waals surface area contributed by atoms with Crippen molar-refractivity contribution in [3.05, 3.63) is 69.7 Å². The summed E-state index contributed by atoms with van der Waals surface area (Å²) < 4.78 is 0. The Morgan fingerprint density at radius 2 is 1.74 bits per heavy atom. The molecule has 3 saturated heterocycles. The van der Waals surface area contributed by atoms with Crippen LogP contribution in [0.2, 0.25) is 10.0 Å². The molecule has 176 valence electrons. The van der Waals surface area contributed by atoms with Gasteiger partial charge in [-0.25, -0.2) is 0 Å². The number of hydrogen-bond acceptors (Lipinski definition) is 4. The number of imide groups is 1. The van der Waals surface area contributed by atoms with E-state index in [2.05, 4.69) is 0 Å². The number of carbonyl (C=O) groups excluding carboxylic acids is 4. The van der Waals surface area contributed by atoms with Gasteiger partial charge in [0.1, 0.15) is 5.54 Å². The molecule has 4 amide bonds. The first-order valence-corrected chi connectivity index (χ1v) is 11.9. The fraction of sp³-hybridized carbons (Fsp3) is 0.360. The summed E-state index contributed by atoms with van der Waals surface area (Å²) >= 11 is 12.2. The smallest absolute Gasteiger partial charge is 0.255 e. The molecule has 3 heterocycles. The molecule has 0 saturated carbocycles. The van der Waals surface area contributed by atoms with Crippen LogP contribution in [0.15, 0.2) is 48.5 Å². The summed E-state index contributed by atoms with van der Waals surface area (Å²) in [4.78, 5) is 59.1. The molecule has 0 aliphatic carbocycles. The van der Waals surface area contributed by atoms with Gasteiger partial charge in [0, 0.05) is 32.1 Å². The summed E-state index contributed by atoms with van der Waals surface area (Å²) in [5.74, 6) is -3.27. The molecule has 3 unspecified atom stereocenters. The molecule has 3 fully saturated rings. The van der Waals surface area contributed by atoms with Gasteiger partial charge in [-0.05, 0) is 30.7 Å². The number of likely N-dealkylation sites (N-methyl/N-ethyl adjacent to an activating group) is 1.